The van der Waals surface area contributed by atoms with Crippen molar-refractivity contribution in [1.82, 2.24) is 9.97 Å². The van der Waals surface area contributed by atoms with Gasteiger partial charge in [0.15, 0.2) is 4.77 Å². The Morgan fingerprint density at radius 1 is 1.18 bits per heavy atom. The molecule has 4 N–H and O–H groups in total. The van der Waals surface area contributed by atoms with Crippen molar-refractivity contribution in [3.8, 4) is 6.07 Å². The number of aryl methyl sites for hydroxylation is 1. The lowest BCUT2D eigenvalue weighted by atomic mass is 9.45. The number of epoxide rings is 1. The normalized spacial score (nSPS) is 44.9. The van der Waals surface area contributed by atoms with Crippen LogP contribution in [0.4, 0.5) is 0 Å². The van der Waals surface area contributed by atoms with Gasteiger partial charge in [-0.1, -0.05) is 13.8 Å². The molecule has 4 aliphatic carbocycles. The number of nitriles is 1. The van der Waals surface area contributed by atoms with E-state index in [1.54, 1.807) is 6.92 Å². The summed E-state index contributed by atoms with van der Waals surface area (Å²) < 4.78 is 6.49. The van der Waals surface area contributed by atoms with Crippen molar-refractivity contribution in [1.29, 1.82) is 5.26 Å². The fraction of sp³-hybridized carbons (Fsp3) is 0.720. The van der Waals surface area contributed by atoms with E-state index in [0.717, 1.165) is 44.2 Å². The Labute approximate surface area is 198 Å². The van der Waals surface area contributed by atoms with Crippen LogP contribution in [-0.4, -0.2) is 38.0 Å². The van der Waals surface area contributed by atoms with Crippen molar-refractivity contribution in [3.05, 3.63) is 38.2 Å². The average molecular weight is 472 g/mol. The highest BCUT2D eigenvalue weighted by Crippen LogP contribution is 2.73. The quantitative estimate of drug-likeness (QED) is 0.332. The van der Waals surface area contributed by atoms with Crippen LogP contribution in [0.25, 0.3) is 0 Å². The minimum Gasteiger partial charge on any atom is -0.508 e. The maximum atomic E-state index is 10.6. The van der Waals surface area contributed by atoms with Crippen LogP contribution in [0.15, 0.2) is 22.2 Å². The number of aliphatic hydroxyl groups excluding tert-OH is 2. The molecule has 8 heteroatoms. The summed E-state index contributed by atoms with van der Waals surface area (Å²) in [5.74, 6) is 1.96. The first-order valence-corrected chi connectivity index (χ1v) is 12.4. The second-order valence-electron chi connectivity index (χ2n) is 11.3. The zero-order valence-corrected chi connectivity index (χ0v) is 20.3. The molecule has 1 aliphatic heterocycles. The van der Waals surface area contributed by atoms with E-state index >= 15 is 0 Å². The van der Waals surface area contributed by atoms with Crippen LogP contribution >= 0.6 is 12.2 Å². The van der Waals surface area contributed by atoms with Gasteiger partial charge in [-0.2, -0.15) is 5.26 Å². The fourth-order valence-corrected chi connectivity index (χ4v) is 8.36. The Morgan fingerprint density at radius 2 is 1.94 bits per heavy atom. The zero-order valence-electron chi connectivity index (χ0n) is 19.5. The summed E-state index contributed by atoms with van der Waals surface area (Å²) >= 11 is 4.68. The van der Waals surface area contributed by atoms with Crippen molar-refractivity contribution >= 4 is 12.2 Å². The zero-order chi connectivity index (χ0) is 23.8. The highest BCUT2D eigenvalue weighted by atomic mass is 32.1. The summed E-state index contributed by atoms with van der Waals surface area (Å²) in [6.07, 6.45) is 6.65. The maximum Gasteiger partial charge on any atom is 0.251 e. The lowest BCUT2D eigenvalue weighted by Gasteiger charge is -2.58. The number of allylic oxidation sites excluding steroid dienone is 1. The van der Waals surface area contributed by atoms with E-state index < -0.39 is 0 Å². The lowest BCUT2D eigenvalue weighted by Crippen LogP contribution is -2.57. The first-order valence-electron chi connectivity index (χ1n) is 12.0. The predicted octanol–water partition coefficient (Wildman–Crippen LogP) is 4.21. The predicted molar refractivity (Wildman–Crippen MR) is 125 cm³/mol. The number of nitrogens with zero attached hydrogens (tertiary/aromatic N) is 1. The monoisotopic (exact) mass is 471 g/mol. The van der Waals surface area contributed by atoms with Crippen molar-refractivity contribution in [2.24, 2.45) is 28.6 Å². The molecule has 7 nitrogen and oxygen atoms in total. The summed E-state index contributed by atoms with van der Waals surface area (Å²) in [6, 6.07) is 3.69. The van der Waals surface area contributed by atoms with E-state index in [-0.39, 0.29) is 40.0 Å². The SMILES string of the molecule is C[C@]12CC[C@H]3[C@@H](CC[C@@]45O[C@@H]4C(O)=C(C#N)C[C@]35C)[C@@H]1CC[C@@H]2O.Cc1cc(=O)[nH]c(=S)[nH]1. The third-order valence-corrected chi connectivity index (χ3v) is 10.1. The summed E-state index contributed by atoms with van der Waals surface area (Å²) in [5.41, 5.74) is 0.961. The smallest absolute Gasteiger partial charge is 0.251 e. The third kappa shape index (κ3) is 3.19. The molecule has 1 aromatic heterocycles. The van der Waals surface area contributed by atoms with E-state index in [2.05, 4.69) is 42.1 Å². The molecule has 178 valence electrons. The van der Waals surface area contributed by atoms with Crippen LogP contribution in [0, 0.1) is 51.6 Å². The number of nitrogens with one attached hydrogen (secondary N) is 2. The van der Waals surface area contributed by atoms with Gasteiger partial charge in [-0.25, -0.2) is 0 Å². The Bertz CT molecular complexity index is 1140. The molecule has 2 heterocycles. The lowest BCUT2D eigenvalue weighted by molar-refractivity contribution is -0.116. The molecule has 8 atom stereocenters. The maximum absolute atomic E-state index is 10.6. The van der Waals surface area contributed by atoms with Crippen LogP contribution in [0.1, 0.15) is 64.5 Å². The number of H-pyrrole nitrogens is 2. The second kappa shape index (κ2) is 7.53. The van der Waals surface area contributed by atoms with Gasteiger partial charge < -0.3 is 19.9 Å². The standard InChI is InChI=1S/C20H27NO3.C5H6N2OS/c1-18-7-6-14-12(13(18)3-4-15(18)22)5-8-20-17(24-20)16(23)11(10-21)9-19(14,20)2;1-3-2-4(8)7-5(9)6-3/h12-15,17,22-23H,3-9H2,1-2H3;2H,1H3,(H2,6,7,8,9)/t12-,13-,14-,15-,17+,18-,19+,20+;/m0./s1. The van der Waals surface area contributed by atoms with Gasteiger partial charge in [0.1, 0.15) is 17.5 Å². The Morgan fingerprint density at radius 3 is 2.61 bits per heavy atom. The van der Waals surface area contributed by atoms with Crippen LogP contribution in [0.2, 0.25) is 0 Å². The second-order valence-corrected chi connectivity index (χ2v) is 11.7. The van der Waals surface area contributed by atoms with Crippen LogP contribution in [0.5, 0.6) is 0 Å². The van der Waals surface area contributed by atoms with E-state index in [9.17, 15) is 20.3 Å². The molecule has 33 heavy (non-hydrogen) atoms. The number of ether oxygens (including phenoxy) is 1. The molecule has 1 spiro atoms. The number of hydrogen-bond donors (Lipinski definition) is 4. The van der Waals surface area contributed by atoms with Gasteiger partial charge in [-0.05, 0) is 87.3 Å². The van der Waals surface area contributed by atoms with Crippen LogP contribution in [0.3, 0.4) is 0 Å². The van der Waals surface area contributed by atoms with Crippen LogP contribution < -0.4 is 5.56 Å². The summed E-state index contributed by atoms with van der Waals surface area (Å²) in [7, 11) is 0. The first kappa shape index (κ1) is 22.8. The highest BCUT2D eigenvalue weighted by molar-refractivity contribution is 7.71. The van der Waals surface area contributed by atoms with Gasteiger partial charge in [-0.3, -0.25) is 9.78 Å². The summed E-state index contributed by atoms with van der Waals surface area (Å²) in [6.45, 7) is 6.38. The number of hydrogen-bond acceptors (Lipinski definition) is 6. The van der Waals surface area contributed by atoms with Gasteiger partial charge in [0, 0.05) is 17.2 Å². The molecule has 6 rings (SSSR count). The van der Waals surface area contributed by atoms with E-state index in [1.165, 1.54) is 6.07 Å². The van der Waals surface area contributed by atoms with E-state index in [4.69, 9.17) is 4.74 Å². The molecule has 0 aromatic carbocycles. The molecular weight excluding hydrogens is 438 g/mol. The topological polar surface area (TPSA) is 125 Å². The molecule has 0 unspecified atom stereocenters. The van der Waals surface area contributed by atoms with Gasteiger partial charge in [0.2, 0.25) is 0 Å². The van der Waals surface area contributed by atoms with Gasteiger partial charge in [0.05, 0.1) is 17.7 Å². The van der Waals surface area contributed by atoms with Gasteiger partial charge in [-0.15, -0.1) is 0 Å². The van der Waals surface area contributed by atoms with Crippen molar-refractivity contribution < 1.29 is 14.9 Å². The Balaban J connectivity index is 0.000000215. The summed E-state index contributed by atoms with van der Waals surface area (Å²) in [5, 5.41) is 30.4. The number of aromatic amines is 2. The molecule has 0 amide bonds. The summed E-state index contributed by atoms with van der Waals surface area (Å²) in [4.78, 5) is 15.8. The number of fused-ring (bicyclic) bond motifs is 4. The fourth-order valence-electron chi connectivity index (χ4n) is 8.10. The number of rotatable bonds is 0. The van der Waals surface area contributed by atoms with Crippen molar-refractivity contribution in [3.63, 3.8) is 0 Å². The first-order chi connectivity index (χ1) is 15.6. The Hall–Kier alpha value is -1.95. The van der Waals surface area contributed by atoms with Gasteiger partial charge >= 0.3 is 0 Å². The largest absolute Gasteiger partial charge is 0.508 e. The number of aromatic nitrogens is 2. The minimum absolute atomic E-state index is 0.0489. The molecule has 0 radical (unpaired) electrons. The Kier molecular flexibility index (Phi) is 5.20. The third-order valence-electron chi connectivity index (χ3n) is 9.85. The highest BCUT2D eigenvalue weighted by Gasteiger charge is 2.76. The van der Waals surface area contributed by atoms with Crippen molar-refractivity contribution in [2.45, 2.75) is 83.5 Å². The molecule has 5 aliphatic rings. The molecule has 4 fully saturated rings. The van der Waals surface area contributed by atoms with E-state index in [0.29, 0.717) is 34.5 Å². The average Bonchev–Trinajstić information content (AvgIpc) is 3.42. The number of aliphatic hydroxyl groups is 2. The van der Waals surface area contributed by atoms with E-state index in [1.807, 2.05) is 0 Å². The van der Waals surface area contributed by atoms with Crippen LogP contribution in [-0.2, 0) is 4.74 Å². The molecule has 1 saturated heterocycles. The van der Waals surface area contributed by atoms with Crippen molar-refractivity contribution in [2.75, 3.05) is 0 Å². The molecule has 1 aromatic rings. The minimum atomic E-state index is -0.241. The van der Waals surface area contributed by atoms with Gasteiger partial charge in [0.25, 0.3) is 5.56 Å². The molecular formula is C25H33N3O4S. The molecule has 0 bridgehead atoms. The molecule has 3 saturated carbocycles.